The van der Waals surface area contributed by atoms with Crippen molar-refractivity contribution in [3.05, 3.63) is 46.7 Å². The molecule has 150 valence electrons. The van der Waals surface area contributed by atoms with E-state index in [1.165, 1.54) is 23.9 Å². The van der Waals surface area contributed by atoms with Crippen LogP contribution in [-0.4, -0.2) is 43.4 Å². The molecule has 1 aromatic carbocycles. The van der Waals surface area contributed by atoms with Crippen LogP contribution in [0.3, 0.4) is 0 Å². The van der Waals surface area contributed by atoms with Gasteiger partial charge in [-0.05, 0) is 43.7 Å². The summed E-state index contributed by atoms with van der Waals surface area (Å²) in [5, 5.41) is 18.1. The minimum absolute atomic E-state index is 0.0194. The van der Waals surface area contributed by atoms with Crippen molar-refractivity contribution in [3.8, 4) is 5.75 Å². The number of hydrogen-bond donors (Lipinski definition) is 1. The number of rotatable bonds is 4. The molecule has 1 aromatic heterocycles. The van der Waals surface area contributed by atoms with Crippen LogP contribution in [0.2, 0.25) is 5.02 Å². The van der Waals surface area contributed by atoms with E-state index in [1.807, 2.05) is 0 Å². The lowest BCUT2D eigenvalue weighted by molar-refractivity contribution is -0.297. The number of amides is 1. The number of alkyl halides is 3. The number of carbonyl (C=O) groups is 1. The minimum Gasteiger partial charge on any atom is -0.471 e. The summed E-state index contributed by atoms with van der Waals surface area (Å²) in [5.74, 6) is -0.658. The Hall–Kier alpha value is -2.59. The van der Waals surface area contributed by atoms with Gasteiger partial charge in [0, 0.05) is 23.4 Å². The van der Waals surface area contributed by atoms with Gasteiger partial charge in [0.25, 0.3) is 11.6 Å². The van der Waals surface area contributed by atoms with E-state index in [-0.39, 0.29) is 23.1 Å². The first-order valence-electron chi connectivity index (χ1n) is 8.11. The van der Waals surface area contributed by atoms with E-state index in [2.05, 4.69) is 10.2 Å². The largest absolute Gasteiger partial charge is 0.471 e. The highest BCUT2D eigenvalue weighted by atomic mass is 35.5. The number of benzene rings is 1. The van der Waals surface area contributed by atoms with Gasteiger partial charge in [0.15, 0.2) is 12.4 Å². The molecule has 1 aliphatic rings. The van der Waals surface area contributed by atoms with Crippen LogP contribution < -0.4 is 4.74 Å². The van der Waals surface area contributed by atoms with Crippen LogP contribution in [-0.2, 0) is 6.73 Å². The van der Waals surface area contributed by atoms with Crippen molar-refractivity contribution in [3.63, 3.8) is 0 Å². The summed E-state index contributed by atoms with van der Waals surface area (Å²) in [6.07, 6.45) is -4.51. The number of aryl methyl sites for hydroxylation is 1. The summed E-state index contributed by atoms with van der Waals surface area (Å²) in [6.45, 7) is 3.02. The fourth-order valence-electron chi connectivity index (χ4n) is 2.66. The smallest absolute Gasteiger partial charge is 0.438 e. The van der Waals surface area contributed by atoms with Gasteiger partial charge in [0.05, 0.1) is 0 Å². The Morgan fingerprint density at radius 3 is 2.71 bits per heavy atom. The maximum Gasteiger partial charge on any atom is 0.438 e. The van der Waals surface area contributed by atoms with Crippen molar-refractivity contribution < 1.29 is 27.8 Å². The van der Waals surface area contributed by atoms with E-state index in [0.717, 1.165) is 5.56 Å². The van der Waals surface area contributed by atoms with Gasteiger partial charge in [-0.1, -0.05) is 11.6 Å². The molecule has 1 N–H and O–H groups in total. The second-order valence-corrected chi connectivity index (χ2v) is 6.78. The standard InChI is InChI=1S/C17H16ClF3N4O3/c1-10-7-12(3-4-13(10)18)28-9-24-6-5-14(23-24)15(26)25-16(27,17(19,20)21)8-11(2)22-25/h3-7,27H,8-9H2,1-2H3/t16-/m1/s1. The van der Waals surface area contributed by atoms with Crippen LogP contribution in [0.15, 0.2) is 35.6 Å². The van der Waals surface area contributed by atoms with Crippen molar-refractivity contribution in [2.24, 2.45) is 5.10 Å². The molecule has 1 atom stereocenters. The summed E-state index contributed by atoms with van der Waals surface area (Å²) in [4.78, 5) is 12.5. The molecule has 7 nitrogen and oxygen atoms in total. The van der Waals surface area contributed by atoms with Crippen LogP contribution in [0, 0.1) is 6.92 Å². The first-order valence-corrected chi connectivity index (χ1v) is 8.49. The van der Waals surface area contributed by atoms with E-state index < -0.39 is 24.2 Å². The molecule has 28 heavy (non-hydrogen) atoms. The van der Waals surface area contributed by atoms with Crippen LogP contribution in [0.25, 0.3) is 0 Å². The fraction of sp³-hybridized carbons (Fsp3) is 0.353. The summed E-state index contributed by atoms with van der Waals surface area (Å²) in [7, 11) is 0. The molecule has 0 saturated carbocycles. The Labute approximate surface area is 163 Å². The third kappa shape index (κ3) is 3.69. The van der Waals surface area contributed by atoms with Gasteiger partial charge in [-0.2, -0.15) is 28.4 Å². The summed E-state index contributed by atoms with van der Waals surface area (Å²) in [6, 6.07) is 6.24. The zero-order valence-corrected chi connectivity index (χ0v) is 15.6. The van der Waals surface area contributed by atoms with Crippen LogP contribution in [0.5, 0.6) is 5.75 Å². The number of aromatic nitrogens is 2. The van der Waals surface area contributed by atoms with Crippen LogP contribution in [0.1, 0.15) is 29.4 Å². The Bertz CT molecular complexity index is 944. The lowest BCUT2D eigenvalue weighted by Crippen LogP contribution is -2.56. The average molecular weight is 417 g/mol. The Balaban J connectivity index is 1.74. The van der Waals surface area contributed by atoms with Gasteiger partial charge in [-0.3, -0.25) is 4.79 Å². The monoisotopic (exact) mass is 416 g/mol. The second-order valence-electron chi connectivity index (χ2n) is 6.37. The number of ether oxygens (including phenoxy) is 1. The van der Waals surface area contributed by atoms with Crippen molar-refractivity contribution >= 4 is 23.2 Å². The van der Waals surface area contributed by atoms with Crippen molar-refractivity contribution in [2.45, 2.75) is 38.9 Å². The van der Waals surface area contributed by atoms with Gasteiger partial charge in [-0.15, -0.1) is 0 Å². The van der Waals surface area contributed by atoms with Gasteiger partial charge in [0.1, 0.15) is 5.75 Å². The third-order valence-electron chi connectivity index (χ3n) is 4.12. The number of hydrogen-bond acceptors (Lipinski definition) is 5. The summed E-state index contributed by atoms with van der Waals surface area (Å²) in [5.41, 5.74) is -2.91. The molecule has 0 radical (unpaired) electrons. The number of nitrogens with zero attached hydrogens (tertiary/aromatic N) is 4. The van der Waals surface area contributed by atoms with Gasteiger partial charge in [0.2, 0.25) is 0 Å². The van der Waals surface area contributed by atoms with E-state index in [9.17, 15) is 23.1 Å². The lowest BCUT2D eigenvalue weighted by Gasteiger charge is -2.32. The molecule has 1 aliphatic heterocycles. The van der Waals surface area contributed by atoms with E-state index >= 15 is 0 Å². The lowest BCUT2D eigenvalue weighted by atomic mass is 10.1. The molecule has 2 heterocycles. The molecule has 0 aliphatic carbocycles. The molecule has 1 amide bonds. The van der Waals surface area contributed by atoms with Crippen LogP contribution in [0.4, 0.5) is 13.2 Å². The maximum absolute atomic E-state index is 13.2. The van der Waals surface area contributed by atoms with Crippen molar-refractivity contribution in [1.29, 1.82) is 0 Å². The fourth-order valence-corrected chi connectivity index (χ4v) is 2.78. The van der Waals surface area contributed by atoms with Crippen molar-refractivity contribution in [1.82, 2.24) is 14.8 Å². The number of hydrazone groups is 1. The summed E-state index contributed by atoms with van der Waals surface area (Å²) < 4.78 is 46.5. The molecule has 0 unspecified atom stereocenters. The molecule has 0 fully saturated rings. The van der Waals surface area contributed by atoms with Crippen LogP contribution >= 0.6 is 11.6 Å². The molecular formula is C17H16ClF3N4O3. The quantitative estimate of drug-likeness (QED) is 0.828. The summed E-state index contributed by atoms with van der Waals surface area (Å²) >= 11 is 5.94. The number of halogens is 4. The van der Waals surface area contributed by atoms with Gasteiger partial charge in [-0.25, -0.2) is 4.68 Å². The van der Waals surface area contributed by atoms with Crippen molar-refractivity contribution in [2.75, 3.05) is 0 Å². The molecule has 0 saturated heterocycles. The van der Waals surface area contributed by atoms with Gasteiger partial charge < -0.3 is 9.84 Å². The highest BCUT2D eigenvalue weighted by molar-refractivity contribution is 6.31. The first kappa shape index (κ1) is 20.2. The predicted molar refractivity (Wildman–Crippen MR) is 93.9 cm³/mol. The molecule has 11 heteroatoms. The second kappa shape index (κ2) is 7.10. The molecule has 0 spiro atoms. The molecule has 2 aromatic rings. The Morgan fingerprint density at radius 2 is 2.07 bits per heavy atom. The predicted octanol–water partition coefficient (Wildman–Crippen LogP) is 3.35. The topological polar surface area (TPSA) is 80.0 Å². The average Bonchev–Trinajstić information content (AvgIpc) is 3.20. The third-order valence-corrected chi connectivity index (χ3v) is 4.55. The Morgan fingerprint density at radius 1 is 1.36 bits per heavy atom. The highest BCUT2D eigenvalue weighted by Crippen LogP contribution is 2.40. The number of aliphatic hydroxyl groups is 1. The zero-order valence-electron chi connectivity index (χ0n) is 14.9. The number of carbonyl (C=O) groups excluding carboxylic acids is 1. The van der Waals surface area contributed by atoms with E-state index in [1.54, 1.807) is 25.1 Å². The maximum atomic E-state index is 13.2. The Kier molecular flexibility index (Phi) is 5.11. The molecular weight excluding hydrogens is 401 g/mol. The highest BCUT2D eigenvalue weighted by Gasteiger charge is 2.63. The SMILES string of the molecule is CC1=NN(C(=O)c2ccn(COc3ccc(Cl)c(C)c3)n2)[C@](O)(C(F)(F)F)C1. The minimum atomic E-state index is -5.07. The van der Waals surface area contributed by atoms with E-state index in [4.69, 9.17) is 16.3 Å². The molecule has 0 bridgehead atoms. The zero-order chi connectivity index (χ0) is 20.7. The normalized spacial score (nSPS) is 19.7. The molecule has 3 rings (SSSR count). The van der Waals surface area contributed by atoms with E-state index in [0.29, 0.717) is 10.8 Å². The van der Waals surface area contributed by atoms with Gasteiger partial charge >= 0.3 is 6.18 Å². The first-order chi connectivity index (χ1) is 13.0.